The molecule has 2 aliphatic heterocycles. The monoisotopic (exact) mass is 354 g/mol. The number of carbonyl (C=O) groups excluding carboxylic acids is 1. The largest absolute Gasteiger partial charge is 0.383 e. The number of benzene rings is 1. The zero-order valence-electron chi connectivity index (χ0n) is 14.7. The minimum Gasteiger partial charge on any atom is -0.383 e. The van der Waals surface area contributed by atoms with Gasteiger partial charge >= 0.3 is 0 Å². The molecule has 136 valence electrons. The Kier molecular flexibility index (Phi) is 4.34. The minimum absolute atomic E-state index is 0.175. The molecule has 3 heterocycles. The predicted molar refractivity (Wildman–Crippen MR) is 95.6 cm³/mol. The number of hydrogen-bond donors (Lipinski definition) is 1. The normalized spacial score (nSPS) is 28.0. The van der Waals surface area contributed by atoms with Crippen LogP contribution in [0.15, 0.2) is 42.9 Å². The van der Waals surface area contributed by atoms with E-state index in [-0.39, 0.29) is 17.8 Å². The number of hydrogen-bond acceptors (Lipinski definition) is 6. The van der Waals surface area contributed by atoms with E-state index in [1.807, 2.05) is 18.2 Å². The number of methoxy groups -OCH3 is 1. The number of aromatic nitrogens is 2. The molecule has 2 saturated heterocycles. The smallest absolute Gasteiger partial charge is 0.259 e. The maximum Gasteiger partial charge on any atom is 0.259 e. The Bertz CT molecular complexity index is 800. The molecule has 2 aromatic rings. The van der Waals surface area contributed by atoms with Crippen molar-refractivity contribution in [2.75, 3.05) is 32.5 Å². The molecule has 7 heteroatoms. The van der Waals surface area contributed by atoms with Crippen molar-refractivity contribution in [2.45, 2.75) is 24.0 Å². The molecule has 3 atom stereocenters. The summed E-state index contributed by atoms with van der Waals surface area (Å²) in [6, 6.07) is 10.3. The average molecular weight is 354 g/mol. The molecular weight excluding hydrogens is 332 g/mol. The van der Waals surface area contributed by atoms with Crippen molar-refractivity contribution in [3.8, 4) is 0 Å². The quantitative estimate of drug-likeness (QED) is 0.898. The van der Waals surface area contributed by atoms with E-state index < -0.39 is 5.60 Å². The van der Waals surface area contributed by atoms with Crippen LogP contribution in [0, 0.1) is 0 Å². The first-order chi connectivity index (χ1) is 12.6. The van der Waals surface area contributed by atoms with Gasteiger partial charge < -0.3 is 20.1 Å². The lowest BCUT2D eigenvalue weighted by atomic mass is 9.87. The summed E-state index contributed by atoms with van der Waals surface area (Å²) in [5.74, 6) is 0.303. The molecule has 2 N–H and O–H groups in total. The van der Waals surface area contributed by atoms with Gasteiger partial charge in [-0.25, -0.2) is 9.97 Å². The van der Waals surface area contributed by atoms with Gasteiger partial charge in [0, 0.05) is 19.2 Å². The van der Waals surface area contributed by atoms with Crippen LogP contribution < -0.4 is 5.73 Å². The summed E-state index contributed by atoms with van der Waals surface area (Å²) in [5.41, 5.74) is 6.92. The van der Waals surface area contributed by atoms with E-state index in [0.717, 1.165) is 6.42 Å². The van der Waals surface area contributed by atoms with Crippen LogP contribution in [0.5, 0.6) is 0 Å². The number of likely N-dealkylation sites (tertiary alicyclic amines) is 1. The number of carbonyl (C=O) groups is 1. The van der Waals surface area contributed by atoms with Crippen molar-refractivity contribution in [1.29, 1.82) is 0 Å². The van der Waals surface area contributed by atoms with Crippen molar-refractivity contribution >= 4 is 11.7 Å². The van der Waals surface area contributed by atoms with Gasteiger partial charge in [-0.3, -0.25) is 4.79 Å². The summed E-state index contributed by atoms with van der Waals surface area (Å²) in [6.45, 7) is 1.57. The Morgan fingerprint density at radius 1 is 1.38 bits per heavy atom. The van der Waals surface area contributed by atoms with Crippen LogP contribution in [0.2, 0.25) is 0 Å². The highest BCUT2D eigenvalue weighted by atomic mass is 16.6. The van der Waals surface area contributed by atoms with E-state index in [2.05, 4.69) is 22.1 Å². The summed E-state index contributed by atoms with van der Waals surface area (Å²) in [7, 11) is 1.67. The topological polar surface area (TPSA) is 90.6 Å². The lowest BCUT2D eigenvalue weighted by molar-refractivity contribution is -0.0755. The fraction of sp³-hybridized carbons (Fsp3) is 0.421. The molecule has 1 spiro atoms. The van der Waals surface area contributed by atoms with Gasteiger partial charge in [0.15, 0.2) is 0 Å². The molecule has 2 fully saturated rings. The highest BCUT2D eigenvalue weighted by molar-refractivity contribution is 5.98. The number of ether oxygens (including phenoxy) is 2. The second kappa shape index (κ2) is 6.66. The SMILES string of the molecule is CO[C@@H]1CN(C(=O)c2cncnc2N)C[C@]12C[C@H](c1ccccc1)CO2. The molecule has 0 saturated carbocycles. The molecule has 7 nitrogen and oxygen atoms in total. The Hall–Kier alpha value is -2.51. The first kappa shape index (κ1) is 16.9. The standard InChI is InChI=1S/C19H22N4O3/c1-25-16-9-23(18(24)15-8-21-12-22-17(15)20)11-19(16)7-14(10-26-19)13-5-3-2-4-6-13/h2-6,8,12,14,16H,7,9-11H2,1H3,(H2,20,21,22)/t14-,16+,19+/m0/s1. The Labute approximate surface area is 152 Å². The number of rotatable bonds is 3. The van der Waals surface area contributed by atoms with Gasteiger partial charge in [-0.15, -0.1) is 0 Å². The van der Waals surface area contributed by atoms with E-state index >= 15 is 0 Å². The van der Waals surface area contributed by atoms with Crippen LogP contribution in [0.3, 0.4) is 0 Å². The van der Waals surface area contributed by atoms with E-state index in [9.17, 15) is 4.79 Å². The number of nitrogens with zero attached hydrogens (tertiary/aromatic N) is 3. The number of nitrogens with two attached hydrogens (primary N) is 1. The zero-order chi connectivity index (χ0) is 18.1. The lowest BCUT2D eigenvalue weighted by Crippen LogP contribution is -2.42. The summed E-state index contributed by atoms with van der Waals surface area (Å²) in [6.07, 6.45) is 3.44. The molecule has 0 radical (unpaired) electrons. The van der Waals surface area contributed by atoms with E-state index in [0.29, 0.717) is 31.2 Å². The van der Waals surface area contributed by atoms with Crippen LogP contribution in [0.1, 0.15) is 28.3 Å². The van der Waals surface area contributed by atoms with Gasteiger partial charge in [0.25, 0.3) is 5.91 Å². The molecule has 0 aliphatic carbocycles. The summed E-state index contributed by atoms with van der Waals surface area (Å²) < 4.78 is 11.9. The number of amides is 1. The third-order valence-corrected chi connectivity index (χ3v) is 5.41. The van der Waals surface area contributed by atoms with Crippen molar-refractivity contribution in [2.24, 2.45) is 0 Å². The summed E-state index contributed by atoms with van der Waals surface area (Å²) in [4.78, 5) is 22.4. The van der Waals surface area contributed by atoms with Gasteiger partial charge in [-0.2, -0.15) is 0 Å². The van der Waals surface area contributed by atoms with E-state index in [4.69, 9.17) is 15.2 Å². The molecule has 1 amide bonds. The fourth-order valence-corrected chi connectivity index (χ4v) is 4.05. The second-order valence-electron chi connectivity index (χ2n) is 6.92. The first-order valence-electron chi connectivity index (χ1n) is 8.69. The molecule has 1 aromatic carbocycles. The van der Waals surface area contributed by atoms with Gasteiger partial charge in [-0.1, -0.05) is 30.3 Å². The molecule has 4 rings (SSSR count). The van der Waals surface area contributed by atoms with Crippen LogP contribution in [0.25, 0.3) is 0 Å². The Morgan fingerprint density at radius 3 is 2.92 bits per heavy atom. The van der Waals surface area contributed by atoms with Crippen LogP contribution in [-0.4, -0.2) is 59.3 Å². The third-order valence-electron chi connectivity index (χ3n) is 5.41. The van der Waals surface area contributed by atoms with Crippen LogP contribution in [0.4, 0.5) is 5.82 Å². The Morgan fingerprint density at radius 2 is 2.19 bits per heavy atom. The molecule has 0 unspecified atom stereocenters. The van der Waals surface area contributed by atoms with Crippen molar-refractivity contribution in [1.82, 2.24) is 14.9 Å². The second-order valence-corrected chi connectivity index (χ2v) is 6.92. The summed E-state index contributed by atoms with van der Waals surface area (Å²) in [5, 5.41) is 0. The number of nitrogen functional groups attached to an aromatic ring is 1. The molecule has 0 bridgehead atoms. The molecular formula is C19H22N4O3. The molecule has 2 aliphatic rings. The summed E-state index contributed by atoms with van der Waals surface area (Å²) >= 11 is 0. The molecule has 26 heavy (non-hydrogen) atoms. The maximum atomic E-state index is 12.9. The van der Waals surface area contributed by atoms with Gasteiger partial charge in [0.1, 0.15) is 23.9 Å². The van der Waals surface area contributed by atoms with Crippen molar-refractivity contribution < 1.29 is 14.3 Å². The van der Waals surface area contributed by atoms with Crippen LogP contribution in [-0.2, 0) is 9.47 Å². The fourth-order valence-electron chi connectivity index (χ4n) is 4.05. The van der Waals surface area contributed by atoms with Crippen molar-refractivity contribution in [3.63, 3.8) is 0 Å². The predicted octanol–water partition coefficient (Wildman–Crippen LogP) is 1.47. The Balaban J connectivity index is 1.55. The average Bonchev–Trinajstić information content (AvgIpc) is 3.27. The molecule has 1 aromatic heterocycles. The van der Waals surface area contributed by atoms with Gasteiger partial charge in [0.2, 0.25) is 0 Å². The van der Waals surface area contributed by atoms with Gasteiger partial charge in [-0.05, 0) is 12.0 Å². The van der Waals surface area contributed by atoms with Crippen LogP contribution >= 0.6 is 0 Å². The van der Waals surface area contributed by atoms with Crippen molar-refractivity contribution in [3.05, 3.63) is 54.0 Å². The maximum absolute atomic E-state index is 12.9. The minimum atomic E-state index is -0.491. The van der Waals surface area contributed by atoms with Gasteiger partial charge in [0.05, 0.1) is 25.3 Å². The highest BCUT2D eigenvalue weighted by Crippen LogP contribution is 2.43. The van der Waals surface area contributed by atoms with E-state index in [1.54, 1.807) is 12.0 Å². The third kappa shape index (κ3) is 2.83. The zero-order valence-corrected chi connectivity index (χ0v) is 14.7. The highest BCUT2D eigenvalue weighted by Gasteiger charge is 2.54. The first-order valence-corrected chi connectivity index (χ1v) is 8.69. The number of anilines is 1. The lowest BCUT2D eigenvalue weighted by Gasteiger charge is -2.28. The van der Waals surface area contributed by atoms with E-state index in [1.165, 1.54) is 18.1 Å².